The Morgan fingerprint density at radius 1 is 1.19 bits per heavy atom. The fraction of sp³-hybridized carbons (Fsp3) is 0.308. The summed E-state index contributed by atoms with van der Waals surface area (Å²) in [5, 5.41) is 16.0. The topological polar surface area (TPSA) is 100 Å². The first-order valence-corrected chi connectivity index (χ1v) is 11.7. The molecule has 1 aliphatic heterocycles. The van der Waals surface area contributed by atoms with Gasteiger partial charge in [-0.25, -0.2) is 0 Å². The maximum Gasteiger partial charge on any atom is 0.522 e. The third-order valence-electron chi connectivity index (χ3n) is 6.67. The lowest BCUT2D eigenvalue weighted by atomic mass is 9.77. The molecule has 11 heteroatoms. The summed E-state index contributed by atoms with van der Waals surface area (Å²) in [5.41, 5.74) is 2.58. The number of rotatable bonds is 5. The number of anilines is 2. The predicted molar refractivity (Wildman–Crippen MR) is 127 cm³/mol. The standard InChI is InChI=1S/C26H22F3N5O3/c1-15-14-33-23(22(13-31-33)24(35)32-19-4-2-3-16(9-19)12-30)25(36)34(15)20-7-5-17(6-8-20)18-10-21(11-18)37-26(27,28)29/h2-9,13,15,18,21H,10-11,14H2,1H3,(H,32,35)/t15-,18?,21?/m0/s1. The van der Waals surface area contributed by atoms with Crippen molar-refractivity contribution in [2.75, 3.05) is 10.2 Å². The van der Waals surface area contributed by atoms with Crippen molar-refractivity contribution in [1.29, 1.82) is 5.26 Å². The Hall–Kier alpha value is -4.17. The van der Waals surface area contributed by atoms with Gasteiger partial charge in [0.25, 0.3) is 11.8 Å². The van der Waals surface area contributed by atoms with Crippen LogP contribution in [0.3, 0.4) is 0 Å². The van der Waals surface area contributed by atoms with E-state index < -0.39 is 18.4 Å². The molecule has 2 aliphatic rings. The molecule has 1 fully saturated rings. The fourth-order valence-electron chi connectivity index (χ4n) is 4.83. The maximum absolute atomic E-state index is 13.5. The number of halogens is 3. The minimum atomic E-state index is -4.63. The van der Waals surface area contributed by atoms with Gasteiger partial charge in [0.2, 0.25) is 0 Å². The van der Waals surface area contributed by atoms with Crippen molar-refractivity contribution in [3.63, 3.8) is 0 Å². The van der Waals surface area contributed by atoms with Crippen LogP contribution in [0.25, 0.3) is 0 Å². The number of nitrogens with zero attached hydrogens (tertiary/aromatic N) is 4. The second-order valence-corrected chi connectivity index (χ2v) is 9.21. The van der Waals surface area contributed by atoms with E-state index in [0.29, 0.717) is 23.5 Å². The average molecular weight is 509 g/mol. The Kier molecular flexibility index (Phi) is 6.21. The van der Waals surface area contributed by atoms with Crippen molar-refractivity contribution < 1.29 is 27.5 Å². The van der Waals surface area contributed by atoms with Crippen LogP contribution < -0.4 is 10.2 Å². The molecule has 2 amide bonds. The van der Waals surface area contributed by atoms with Crippen molar-refractivity contribution in [2.45, 2.75) is 50.7 Å². The van der Waals surface area contributed by atoms with Crippen LogP contribution in [-0.4, -0.2) is 40.1 Å². The first-order chi connectivity index (χ1) is 17.6. The first-order valence-electron chi connectivity index (χ1n) is 11.7. The molecule has 2 heterocycles. The molecule has 8 nitrogen and oxygen atoms in total. The second-order valence-electron chi connectivity index (χ2n) is 9.21. The summed E-state index contributed by atoms with van der Waals surface area (Å²) in [5.74, 6) is -0.940. The molecule has 1 atom stereocenters. The first kappa shape index (κ1) is 24.5. The molecule has 1 saturated carbocycles. The van der Waals surface area contributed by atoms with Gasteiger partial charge >= 0.3 is 6.36 Å². The monoisotopic (exact) mass is 509 g/mol. The zero-order valence-corrected chi connectivity index (χ0v) is 19.7. The van der Waals surface area contributed by atoms with Crippen LogP contribution in [0.15, 0.2) is 54.7 Å². The zero-order valence-electron chi connectivity index (χ0n) is 19.7. The van der Waals surface area contributed by atoms with E-state index in [1.165, 1.54) is 16.9 Å². The molecule has 0 radical (unpaired) electrons. The molecular weight excluding hydrogens is 487 g/mol. The van der Waals surface area contributed by atoms with Crippen LogP contribution in [0.4, 0.5) is 24.5 Å². The number of nitriles is 1. The molecular formula is C26H22F3N5O3. The van der Waals surface area contributed by atoms with E-state index in [-0.39, 0.29) is 42.0 Å². The van der Waals surface area contributed by atoms with Gasteiger partial charge < -0.3 is 10.2 Å². The van der Waals surface area contributed by atoms with Gasteiger partial charge in [-0.05, 0) is 61.6 Å². The van der Waals surface area contributed by atoms with Crippen molar-refractivity contribution in [2.24, 2.45) is 0 Å². The molecule has 0 spiro atoms. The summed E-state index contributed by atoms with van der Waals surface area (Å²) in [6, 6.07) is 15.4. The number of amides is 2. The van der Waals surface area contributed by atoms with E-state index >= 15 is 0 Å². The van der Waals surface area contributed by atoms with Gasteiger partial charge in [0, 0.05) is 11.4 Å². The predicted octanol–water partition coefficient (Wildman–Crippen LogP) is 4.84. The number of hydrogen-bond acceptors (Lipinski definition) is 5. The highest BCUT2D eigenvalue weighted by molar-refractivity contribution is 6.15. The van der Waals surface area contributed by atoms with Crippen LogP contribution >= 0.6 is 0 Å². The van der Waals surface area contributed by atoms with Crippen LogP contribution in [0.2, 0.25) is 0 Å². The van der Waals surface area contributed by atoms with Crippen LogP contribution in [-0.2, 0) is 11.3 Å². The number of hydrogen-bond donors (Lipinski definition) is 1. The Labute approximate surface area is 210 Å². The van der Waals surface area contributed by atoms with Gasteiger partial charge in [-0.2, -0.15) is 10.4 Å². The Balaban J connectivity index is 1.32. The molecule has 1 N–H and O–H groups in total. The average Bonchev–Trinajstić information content (AvgIpc) is 3.25. The van der Waals surface area contributed by atoms with E-state index in [2.05, 4.69) is 15.2 Å². The SMILES string of the molecule is C[C@H]1Cn2ncc(C(=O)Nc3cccc(C#N)c3)c2C(=O)N1c1ccc(C2CC(OC(F)(F)F)C2)cc1. The molecule has 190 valence electrons. The quantitative estimate of drug-likeness (QED) is 0.531. The van der Waals surface area contributed by atoms with Gasteiger partial charge in [-0.1, -0.05) is 18.2 Å². The van der Waals surface area contributed by atoms with Gasteiger partial charge in [-0.15, -0.1) is 13.2 Å². The molecule has 1 aromatic heterocycles. The van der Waals surface area contributed by atoms with E-state index in [1.807, 2.05) is 25.1 Å². The molecule has 3 aromatic rings. The van der Waals surface area contributed by atoms with E-state index in [1.54, 1.807) is 35.2 Å². The van der Waals surface area contributed by atoms with Crippen molar-refractivity contribution >= 4 is 23.2 Å². The number of aromatic nitrogens is 2. The summed E-state index contributed by atoms with van der Waals surface area (Å²) in [4.78, 5) is 28.1. The van der Waals surface area contributed by atoms with Crippen molar-refractivity contribution in [3.8, 4) is 6.07 Å². The largest absolute Gasteiger partial charge is 0.522 e. The van der Waals surface area contributed by atoms with Gasteiger partial charge in [-0.3, -0.25) is 19.0 Å². The van der Waals surface area contributed by atoms with Crippen LogP contribution in [0, 0.1) is 11.3 Å². The van der Waals surface area contributed by atoms with Gasteiger partial charge in [0.05, 0.1) is 42.1 Å². The van der Waals surface area contributed by atoms with Gasteiger partial charge in [0.15, 0.2) is 0 Å². The second kappa shape index (κ2) is 9.37. The van der Waals surface area contributed by atoms with Crippen LogP contribution in [0.5, 0.6) is 0 Å². The Bertz CT molecular complexity index is 1390. The van der Waals surface area contributed by atoms with Crippen molar-refractivity contribution in [3.05, 3.63) is 77.1 Å². The molecule has 2 aromatic carbocycles. The summed E-state index contributed by atoms with van der Waals surface area (Å²) >= 11 is 0. The number of alkyl halides is 3. The summed E-state index contributed by atoms with van der Waals surface area (Å²) in [6.07, 6.45) is -3.54. The lowest BCUT2D eigenvalue weighted by Crippen LogP contribution is -2.47. The minimum Gasteiger partial charge on any atom is -0.322 e. The number of benzene rings is 2. The highest BCUT2D eigenvalue weighted by atomic mass is 19.4. The summed E-state index contributed by atoms with van der Waals surface area (Å²) < 4.78 is 42.7. The number of carbonyl (C=O) groups excluding carboxylic acids is 2. The number of fused-ring (bicyclic) bond motifs is 1. The third-order valence-corrected chi connectivity index (χ3v) is 6.67. The van der Waals surface area contributed by atoms with E-state index in [0.717, 1.165) is 5.56 Å². The summed E-state index contributed by atoms with van der Waals surface area (Å²) in [7, 11) is 0. The normalized spacial score (nSPS) is 21.1. The molecule has 1 aliphatic carbocycles. The minimum absolute atomic E-state index is 0.0350. The Morgan fingerprint density at radius 3 is 2.59 bits per heavy atom. The molecule has 0 unspecified atom stereocenters. The number of ether oxygens (including phenoxy) is 1. The van der Waals surface area contributed by atoms with Crippen molar-refractivity contribution in [1.82, 2.24) is 9.78 Å². The third kappa shape index (κ3) is 4.93. The highest BCUT2D eigenvalue weighted by Crippen LogP contribution is 2.42. The highest BCUT2D eigenvalue weighted by Gasteiger charge is 2.41. The lowest BCUT2D eigenvalue weighted by Gasteiger charge is -2.36. The van der Waals surface area contributed by atoms with Gasteiger partial charge in [0.1, 0.15) is 5.69 Å². The smallest absolute Gasteiger partial charge is 0.322 e. The molecule has 0 bridgehead atoms. The Morgan fingerprint density at radius 2 is 1.92 bits per heavy atom. The fourth-order valence-corrected chi connectivity index (χ4v) is 4.83. The van der Waals surface area contributed by atoms with Crippen LogP contribution in [0.1, 0.15) is 57.7 Å². The zero-order chi connectivity index (χ0) is 26.3. The maximum atomic E-state index is 13.5. The number of carbonyl (C=O) groups is 2. The lowest BCUT2D eigenvalue weighted by molar-refractivity contribution is -0.351. The summed E-state index contributed by atoms with van der Waals surface area (Å²) in [6.45, 7) is 2.24. The molecule has 0 saturated heterocycles. The molecule has 5 rings (SSSR count). The number of nitrogens with one attached hydrogen (secondary N) is 1. The molecule has 37 heavy (non-hydrogen) atoms. The van der Waals surface area contributed by atoms with E-state index in [4.69, 9.17) is 5.26 Å². The van der Waals surface area contributed by atoms with E-state index in [9.17, 15) is 22.8 Å².